The van der Waals surface area contributed by atoms with Crippen molar-refractivity contribution in [2.75, 3.05) is 0 Å². The molecule has 1 aliphatic heterocycles. The minimum absolute atomic E-state index is 0.838. The summed E-state index contributed by atoms with van der Waals surface area (Å²) in [5.41, 5.74) is 7.58. The van der Waals surface area contributed by atoms with Gasteiger partial charge in [0.15, 0.2) is 0 Å². The molecule has 41 heavy (non-hydrogen) atoms. The number of hydrogen-bond acceptors (Lipinski definition) is 1. The summed E-state index contributed by atoms with van der Waals surface area (Å²) < 4.78 is 12.8. The maximum absolute atomic E-state index is 6.40. The Labute approximate surface area is 241 Å². The molecule has 1 aromatic heterocycles. The van der Waals surface area contributed by atoms with Crippen LogP contribution in [0.5, 0.6) is 0 Å². The summed E-state index contributed by atoms with van der Waals surface area (Å²) in [5, 5.41) is 0. The molecule has 1 aliphatic rings. The Bertz CT molecular complexity index is 1630. The van der Waals surface area contributed by atoms with Crippen molar-refractivity contribution in [3.63, 3.8) is 0 Å². The number of ether oxygens (including phenoxy) is 1. The van der Waals surface area contributed by atoms with E-state index < -0.39 is 0 Å². The summed E-state index contributed by atoms with van der Waals surface area (Å²) in [4.78, 5) is 0. The first-order valence-corrected chi connectivity index (χ1v) is 14.0. The van der Waals surface area contributed by atoms with Gasteiger partial charge in [-0.1, -0.05) is 116 Å². The predicted molar refractivity (Wildman–Crippen MR) is 170 cm³/mol. The van der Waals surface area contributed by atoms with Crippen molar-refractivity contribution in [3.8, 4) is 22.6 Å². The van der Waals surface area contributed by atoms with Crippen LogP contribution >= 0.6 is 0 Å². The van der Waals surface area contributed by atoms with E-state index in [9.17, 15) is 0 Å². The van der Waals surface area contributed by atoms with Gasteiger partial charge in [0.2, 0.25) is 0 Å². The minimum atomic E-state index is 0.838. The minimum Gasteiger partial charge on any atom is -0.456 e. The Morgan fingerprint density at radius 3 is 1.41 bits per heavy atom. The molecule has 4 aromatic carbocycles. The molecule has 5 aromatic rings. The lowest BCUT2D eigenvalue weighted by Gasteiger charge is -2.19. The van der Waals surface area contributed by atoms with Gasteiger partial charge in [-0.3, -0.25) is 0 Å². The second-order valence-electron chi connectivity index (χ2n) is 9.92. The zero-order valence-electron chi connectivity index (χ0n) is 23.0. The third-order valence-electron chi connectivity index (χ3n) is 6.98. The standard InChI is InChI=1S/C39H31O2/c1-2-29(23-30-25-36(32-15-7-3-8-16-32)40-37(26-30)33-17-9-4-10-18-33)24-31-27-38(34-19-11-5-12-20-34)41-39(28-31)35-21-13-6-14-22-35/h3-28H,2H2,1H3/q+1. The van der Waals surface area contributed by atoms with Gasteiger partial charge < -0.3 is 4.74 Å². The summed E-state index contributed by atoms with van der Waals surface area (Å²) >= 11 is 0. The topological polar surface area (TPSA) is 20.5 Å². The Morgan fingerprint density at radius 1 is 0.585 bits per heavy atom. The molecule has 2 heteroatoms. The lowest BCUT2D eigenvalue weighted by molar-refractivity contribution is 0.467. The van der Waals surface area contributed by atoms with Crippen molar-refractivity contribution < 1.29 is 9.15 Å². The van der Waals surface area contributed by atoms with E-state index in [0.717, 1.165) is 62.9 Å². The second kappa shape index (κ2) is 12.3. The smallest absolute Gasteiger partial charge is 0.361 e. The van der Waals surface area contributed by atoms with Crippen LogP contribution in [0.2, 0.25) is 0 Å². The number of benzene rings is 4. The van der Waals surface area contributed by atoms with E-state index in [-0.39, 0.29) is 0 Å². The summed E-state index contributed by atoms with van der Waals surface area (Å²) in [6, 6.07) is 45.3. The van der Waals surface area contributed by atoms with Crippen molar-refractivity contribution in [1.29, 1.82) is 0 Å². The van der Waals surface area contributed by atoms with Gasteiger partial charge in [-0.2, -0.15) is 0 Å². The van der Waals surface area contributed by atoms with Crippen LogP contribution in [-0.2, 0) is 4.74 Å². The first-order chi connectivity index (χ1) is 20.2. The van der Waals surface area contributed by atoms with Crippen molar-refractivity contribution in [1.82, 2.24) is 0 Å². The molecule has 0 unspecified atom stereocenters. The van der Waals surface area contributed by atoms with Gasteiger partial charge in [-0.15, -0.1) is 0 Å². The highest BCUT2D eigenvalue weighted by Crippen LogP contribution is 2.34. The Hall–Kier alpha value is -5.21. The Balaban J connectivity index is 1.44. The summed E-state index contributed by atoms with van der Waals surface area (Å²) in [7, 11) is 0. The third kappa shape index (κ3) is 6.34. The largest absolute Gasteiger partial charge is 0.456 e. The number of hydrogen-bond donors (Lipinski definition) is 0. The van der Waals surface area contributed by atoms with Crippen LogP contribution in [0.3, 0.4) is 0 Å². The molecule has 0 N–H and O–H groups in total. The van der Waals surface area contributed by atoms with E-state index >= 15 is 0 Å². The molecule has 0 spiro atoms. The lowest BCUT2D eigenvalue weighted by Crippen LogP contribution is -2.00. The highest BCUT2D eigenvalue weighted by molar-refractivity contribution is 5.78. The van der Waals surface area contributed by atoms with Gasteiger partial charge >= 0.3 is 11.5 Å². The van der Waals surface area contributed by atoms with Crippen molar-refractivity contribution in [2.24, 2.45) is 0 Å². The molecule has 0 saturated heterocycles. The molecular formula is C39H31O2+. The van der Waals surface area contributed by atoms with Crippen LogP contribution in [0.15, 0.2) is 167 Å². The maximum atomic E-state index is 6.40. The van der Waals surface area contributed by atoms with Crippen LogP contribution in [-0.4, -0.2) is 0 Å². The molecule has 0 fully saturated rings. The fraction of sp³-hybridized carbons (Fsp3) is 0.0513. The summed E-state index contributed by atoms with van der Waals surface area (Å²) in [6.07, 6.45) is 9.62. The fourth-order valence-corrected chi connectivity index (χ4v) is 4.86. The van der Waals surface area contributed by atoms with Crippen LogP contribution in [0.25, 0.3) is 40.2 Å². The summed E-state index contributed by atoms with van der Waals surface area (Å²) in [5.74, 6) is 3.35. The molecule has 0 amide bonds. The van der Waals surface area contributed by atoms with Gasteiger partial charge in [0.25, 0.3) is 0 Å². The zero-order chi connectivity index (χ0) is 27.9. The molecule has 2 nitrogen and oxygen atoms in total. The third-order valence-corrected chi connectivity index (χ3v) is 6.98. The average molecular weight is 532 g/mol. The van der Waals surface area contributed by atoms with Gasteiger partial charge in [-0.05, 0) is 59.5 Å². The first kappa shape index (κ1) is 26.0. The maximum Gasteiger partial charge on any atom is 0.361 e. The Kier molecular flexibility index (Phi) is 7.82. The normalized spacial score (nSPS) is 13.2. The van der Waals surface area contributed by atoms with Crippen molar-refractivity contribution in [2.45, 2.75) is 13.3 Å². The van der Waals surface area contributed by atoms with Crippen LogP contribution in [0, 0.1) is 0 Å². The van der Waals surface area contributed by atoms with E-state index in [1.807, 2.05) is 72.8 Å². The molecular weight excluding hydrogens is 500 g/mol. The lowest BCUT2D eigenvalue weighted by atomic mass is 10.00. The second-order valence-corrected chi connectivity index (χ2v) is 9.92. The molecule has 6 rings (SSSR count). The van der Waals surface area contributed by atoms with E-state index in [0.29, 0.717) is 0 Å². The predicted octanol–water partition coefficient (Wildman–Crippen LogP) is 10.7. The van der Waals surface area contributed by atoms with Crippen LogP contribution < -0.4 is 0 Å². The molecule has 0 bridgehead atoms. The van der Waals surface area contributed by atoms with Gasteiger partial charge in [0, 0.05) is 11.1 Å². The van der Waals surface area contributed by atoms with Gasteiger partial charge in [-0.25, -0.2) is 4.42 Å². The highest BCUT2D eigenvalue weighted by atomic mass is 16.5. The quantitative estimate of drug-likeness (QED) is 0.195. The molecule has 0 saturated carbocycles. The van der Waals surface area contributed by atoms with E-state index in [4.69, 9.17) is 9.15 Å². The molecule has 198 valence electrons. The van der Waals surface area contributed by atoms with Gasteiger partial charge in [0.1, 0.15) is 11.5 Å². The molecule has 0 radical (unpaired) electrons. The Morgan fingerprint density at radius 2 is 1.00 bits per heavy atom. The van der Waals surface area contributed by atoms with Crippen molar-refractivity contribution >= 4 is 17.6 Å². The number of rotatable bonds is 7. The van der Waals surface area contributed by atoms with E-state index in [1.54, 1.807) is 0 Å². The molecule has 0 aliphatic carbocycles. The van der Waals surface area contributed by atoms with Gasteiger partial charge in [0.05, 0.1) is 23.3 Å². The average Bonchev–Trinajstić information content (AvgIpc) is 3.06. The SMILES string of the molecule is CC/C(C=C1C=C(c2ccccc2)OC(c2ccccc2)=C1)=C\c1cc(-c2ccccc2)[o+]c(-c2ccccc2)c1. The van der Waals surface area contributed by atoms with Crippen molar-refractivity contribution in [3.05, 3.63) is 180 Å². The first-order valence-electron chi connectivity index (χ1n) is 14.0. The number of allylic oxidation sites excluding steroid dienone is 5. The van der Waals surface area contributed by atoms with E-state index in [2.05, 4.69) is 91.9 Å². The molecule has 2 heterocycles. The fourth-order valence-electron chi connectivity index (χ4n) is 4.86. The van der Waals surface area contributed by atoms with E-state index in [1.165, 1.54) is 5.57 Å². The van der Waals surface area contributed by atoms with Crippen LogP contribution in [0.4, 0.5) is 0 Å². The monoisotopic (exact) mass is 531 g/mol. The highest BCUT2D eigenvalue weighted by Gasteiger charge is 2.19. The van der Waals surface area contributed by atoms with Crippen LogP contribution in [0.1, 0.15) is 30.0 Å². The summed E-state index contributed by atoms with van der Waals surface area (Å²) in [6.45, 7) is 2.19. The molecule has 0 atom stereocenters. The zero-order valence-corrected chi connectivity index (χ0v) is 23.0.